The van der Waals surface area contributed by atoms with Gasteiger partial charge in [0, 0.05) is 35.9 Å². The maximum Gasteiger partial charge on any atom is 0.184 e. The lowest BCUT2D eigenvalue weighted by atomic mass is 9.99. The van der Waals surface area contributed by atoms with Gasteiger partial charge < -0.3 is 0 Å². The number of aromatic nitrogens is 4. The van der Waals surface area contributed by atoms with Gasteiger partial charge in [-0.1, -0.05) is 12.1 Å². The van der Waals surface area contributed by atoms with Crippen molar-refractivity contribution in [1.82, 2.24) is 20.2 Å². The van der Waals surface area contributed by atoms with Gasteiger partial charge in [0.1, 0.15) is 22.2 Å². The van der Waals surface area contributed by atoms with Gasteiger partial charge in [-0.05, 0) is 41.5 Å². The number of thiophene rings is 1. The molecule has 0 fully saturated rings. The summed E-state index contributed by atoms with van der Waals surface area (Å²) in [5, 5.41) is 7.73. The first kappa shape index (κ1) is 21.4. The van der Waals surface area contributed by atoms with Crippen molar-refractivity contribution >= 4 is 32.1 Å². The van der Waals surface area contributed by atoms with Crippen molar-refractivity contribution in [3.63, 3.8) is 0 Å². The number of halogens is 2. The van der Waals surface area contributed by atoms with E-state index in [1.165, 1.54) is 31.1 Å². The van der Waals surface area contributed by atoms with E-state index in [4.69, 9.17) is 0 Å². The van der Waals surface area contributed by atoms with Crippen molar-refractivity contribution in [3.05, 3.63) is 90.4 Å². The van der Waals surface area contributed by atoms with E-state index in [0.29, 0.717) is 27.3 Å². The molecular weight excluding hydrogens is 466 g/mol. The fraction of sp³-hybridized carbons (Fsp3) is 0.0435. The number of sulfone groups is 1. The second kappa shape index (κ2) is 8.13. The Hall–Kier alpha value is -3.50. The number of H-pyrrole nitrogens is 1. The summed E-state index contributed by atoms with van der Waals surface area (Å²) in [7, 11) is -3.32. The third kappa shape index (κ3) is 4.14. The van der Waals surface area contributed by atoms with E-state index in [0.717, 1.165) is 28.4 Å². The molecule has 1 N–H and O–H groups in total. The molecular formula is C23H15F2N4O2S2. The molecule has 2 aromatic carbocycles. The molecule has 5 aromatic rings. The number of aromatic amines is 1. The fourth-order valence-electron chi connectivity index (χ4n) is 3.47. The molecule has 0 aliphatic carbocycles. The number of nitrogens with zero attached hydrogens (tertiary/aromatic N) is 3. The predicted molar refractivity (Wildman–Crippen MR) is 122 cm³/mol. The Labute approximate surface area is 191 Å². The SMILES string of the molecule is CS(=O)(=O)c1ccc(-c2ncnc3ccc(-c4c[nH]nc4[CH]c4ccc(F)cc4F)cc23)s1. The first-order valence-electron chi connectivity index (χ1n) is 9.68. The monoisotopic (exact) mass is 481 g/mol. The molecule has 0 saturated heterocycles. The molecule has 33 heavy (non-hydrogen) atoms. The summed E-state index contributed by atoms with van der Waals surface area (Å²) in [4.78, 5) is 9.41. The van der Waals surface area contributed by atoms with Crippen LogP contribution in [0.4, 0.5) is 8.78 Å². The zero-order valence-corrected chi connectivity index (χ0v) is 18.7. The average molecular weight is 482 g/mol. The number of fused-ring (bicyclic) bond motifs is 1. The highest BCUT2D eigenvalue weighted by Gasteiger charge is 2.17. The normalized spacial score (nSPS) is 11.8. The third-order valence-electron chi connectivity index (χ3n) is 5.05. The van der Waals surface area contributed by atoms with Crippen molar-refractivity contribution < 1.29 is 17.2 Å². The van der Waals surface area contributed by atoms with E-state index >= 15 is 0 Å². The van der Waals surface area contributed by atoms with E-state index in [2.05, 4.69) is 20.2 Å². The number of hydrogen-bond donors (Lipinski definition) is 1. The van der Waals surface area contributed by atoms with Gasteiger partial charge in [0.15, 0.2) is 9.84 Å². The maximum absolute atomic E-state index is 14.1. The Balaban J connectivity index is 1.58. The minimum Gasteiger partial charge on any atom is -0.285 e. The van der Waals surface area contributed by atoms with Gasteiger partial charge in [-0.25, -0.2) is 27.2 Å². The topological polar surface area (TPSA) is 88.6 Å². The van der Waals surface area contributed by atoms with E-state index in [-0.39, 0.29) is 9.77 Å². The second-order valence-corrected chi connectivity index (χ2v) is 10.7. The molecule has 6 nitrogen and oxygen atoms in total. The molecule has 0 atom stereocenters. The molecule has 3 aromatic heterocycles. The quantitative estimate of drug-likeness (QED) is 0.380. The summed E-state index contributed by atoms with van der Waals surface area (Å²) in [6.45, 7) is 0. The highest BCUT2D eigenvalue weighted by Crippen LogP contribution is 2.35. The fourth-order valence-corrected chi connectivity index (χ4v) is 5.41. The van der Waals surface area contributed by atoms with Gasteiger partial charge >= 0.3 is 0 Å². The minimum atomic E-state index is -3.32. The molecule has 3 heterocycles. The standard InChI is InChI=1S/C23H15F2N4O2S2/c1-33(30,31)22-7-6-21(32-22)23-16-8-13(3-5-19(16)26-12-27-23)17-11-28-29-20(17)9-14-2-4-15(24)10-18(14)25/h2-12H,1H3,(H,28,29). The second-order valence-electron chi connectivity index (χ2n) is 7.34. The van der Waals surface area contributed by atoms with Crippen LogP contribution >= 0.6 is 11.3 Å². The third-order valence-corrected chi connectivity index (χ3v) is 7.96. The first-order valence-corrected chi connectivity index (χ1v) is 12.4. The van der Waals surface area contributed by atoms with Crippen molar-refractivity contribution in [1.29, 1.82) is 0 Å². The number of hydrogen-bond acceptors (Lipinski definition) is 6. The Morgan fingerprint density at radius 3 is 2.64 bits per heavy atom. The van der Waals surface area contributed by atoms with Gasteiger partial charge in [-0.2, -0.15) is 5.10 Å². The lowest BCUT2D eigenvalue weighted by Gasteiger charge is -2.07. The van der Waals surface area contributed by atoms with Crippen LogP contribution in [-0.2, 0) is 9.84 Å². The van der Waals surface area contributed by atoms with Crippen LogP contribution in [0.1, 0.15) is 11.3 Å². The van der Waals surface area contributed by atoms with Gasteiger partial charge in [-0.3, -0.25) is 5.10 Å². The predicted octanol–water partition coefficient (Wildman–Crippen LogP) is 5.03. The molecule has 0 aliphatic rings. The van der Waals surface area contributed by atoms with E-state index in [9.17, 15) is 17.2 Å². The molecule has 0 saturated carbocycles. The zero-order chi connectivity index (χ0) is 23.2. The minimum absolute atomic E-state index is 0.210. The Morgan fingerprint density at radius 2 is 1.88 bits per heavy atom. The lowest BCUT2D eigenvalue weighted by Crippen LogP contribution is -1.94. The first-order chi connectivity index (χ1) is 15.8. The lowest BCUT2D eigenvalue weighted by molar-refractivity contribution is 0.579. The van der Waals surface area contributed by atoms with Crippen LogP contribution in [0.15, 0.2) is 65.3 Å². The largest absolute Gasteiger partial charge is 0.285 e. The Bertz CT molecular complexity index is 1610. The number of benzene rings is 2. The van der Waals surface area contributed by atoms with Crippen LogP contribution in [0.25, 0.3) is 32.6 Å². The summed E-state index contributed by atoms with van der Waals surface area (Å²) in [5.41, 5.74) is 3.48. The highest BCUT2D eigenvalue weighted by molar-refractivity contribution is 7.92. The molecule has 10 heteroatoms. The maximum atomic E-state index is 14.1. The van der Waals surface area contributed by atoms with Crippen molar-refractivity contribution in [2.75, 3.05) is 6.26 Å². The molecule has 0 bridgehead atoms. The summed E-state index contributed by atoms with van der Waals surface area (Å²) in [6, 6.07) is 12.2. The molecule has 165 valence electrons. The number of nitrogens with one attached hydrogen (secondary N) is 1. The van der Waals surface area contributed by atoms with Crippen molar-refractivity contribution in [3.8, 4) is 21.7 Å². The smallest absolute Gasteiger partial charge is 0.184 e. The average Bonchev–Trinajstić information content (AvgIpc) is 3.45. The van der Waals surface area contributed by atoms with E-state index in [1.54, 1.807) is 18.3 Å². The van der Waals surface area contributed by atoms with Gasteiger partial charge in [-0.15, -0.1) is 11.3 Å². The zero-order valence-electron chi connectivity index (χ0n) is 17.1. The van der Waals surface area contributed by atoms with E-state index in [1.807, 2.05) is 18.2 Å². The number of rotatable bonds is 5. The van der Waals surface area contributed by atoms with Crippen molar-refractivity contribution in [2.45, 2.75) is 4.21 Å². The van der Waals surface area contributed by atoms with Crippen LogP contribution in [0.2, 0.25) is 0 Å². The van der Waals surface area contributed by atoms with Crippen LogP contribution in [-0.4, -0.2) is 34.8 Å². The van der Waals surface area contributed by atoms with Gasteiger partial charge in [0.05, 0.1) is 21.8 Å². The van der Waals surface area contributed by atoms with Crippen molar-refractivity contribution in [2.24, 2.45) is 0 Å². The van der Waals surface area contributed by atoms with Crippen LogP contribution in [0, 0.1) is 18.1 Å². The summed E-state index contributed by atoms with van der Waals surface area (Å²) >= 11 is 1.14. The molecule has 0 amide bonds. The Kier molecular flexibility index (Phi) is 5.26. The summed E-state index contributed by atoms with van der Waals surface area (Å²) in [5.74, 6) is -1.33. The molecule has 5 rings (SSSR count). The summed E-state index contributed by atoms with van der Waals surface area (Å²) < 4.78 is 51.4. The molecule has 0 spiro atoms. The highest BCUT2D eigenvalue weighted by atomic mass is 32.2. The van der Waals surface area contributed by atoms with Crippen LogP contribution in [0.5, 0.6) is 0 Å². The van der Waals surface area contributed by atoms with Crippen LogP contribution < -0.4 is 0 Å². The van der Waals surface area contributed by atoms with Gasteiger partial charge in [0.2, 0.25) is 0 Å². The molecule has 0 unspecified atom stereocenters. The Morgan fingerprint density at radius 1 is 1.03 bits per heavy atom. The van der Waals surface area contributed by atoms with Crippen LogP contribution in [0.3, 0.4) is 0 Å². The summed E-state index contributed by atoms with van der Waals surface area (Å²) in [6.07, 6.45) is 5.82. The molecule has 0 aliphatic heterocycles. The van der Waals surface area contributed by atoms with E-state index < -0.39 is 21.5 Å². The molecule has 1 radical (unpaired) electrons. The van der Waals surface area contributed by atoms with Gasteiger partial charge in [0.25, 0.3) is 0 Å².